The standard InChI is InChI=1S/C14H19ClN2O3S/c1-3-21(19,20)11-4-5-13(15)12(8-11)14(18)17-7-6-16-10(2)9-17/h4-5,8,10,16H,3,6-7,9H2,1-2H3/t10-/m0/s1. The van der Waals surface area contributed by atoms with Crippen molar-refractivity contribution in [3.8, 4) is 0 Å². The average Bonchev–Trinajstić information content (AvgIpc) is 2.47. The Morgan fingerprint density at radius 2 is 2.19 bits per heavy atom. The lowest BCUT2D eigenvalue weighted by Gasteiger charge is -2.32. The molecule has 1 N–H and O–H groups in total. The highest BCUT2D eigenvalue weighted by atomic mass is 35.5. The van der Waals surface area contributed by atoms with E-state index in [1.54, 1.807) is 11.8 Å². The number of amides is 1. The predicted molar refractivity (Wildman–Crippen MR) is 82.5 cm³/mol. The van der Waals surface area contributed by atoms with Gasteiger partial charge >= 0.3 is 0 Å². The molecule has 1 heterocycles. The van der Waals surface area contributed by atoms with E-state index in [0.717, 1.165) is 6.54 Å². The van der Waals surface area contributed by atoms with Crippen LogP contribution in [0.4, 0.5) is 0 Å². The van der Waals surface area contributed by atoms with Gasteiger partial charge in [-0.25, -0.2) is 8.42 Å². The zero-order valence-electron chi connectivity index (χ0n) is 12.1. The molecule has 1 aliphatic rings. The van der Waals surface area contributed by atoms with E-state index in [2.05, 4.69) is 5.32 Å². The number of rotatable bonds is 3. The van der Waals surface area contributed by atoms with E-state index in [9.17, 15) is 13.2 Å². The minimum Gasteiger partial charge on any atom is -0.336 e. The number of sulfone groups is 1. The Bertz CT molecular complexity index is 646. The number of nitrogens with zero attached hydrogens (tertiary/aromatic N) is 1. The largest absolute Gasteiger partial charge is 0.336 e. The molecule has 0 saturated carbocycles. The summed E-state index contributed by atoms with van der Waals surface area (Å²) in [5.41, 5.74) is 0.250. The molecule has 21 heavy (non-hydrogen) atoms. The molecule has 0 aromatic heterocycles. The van der Waals surface area contributed by atoms with E-state index in [1.165, 1.54) is 18.2 Å². The quantitative estimate of drug-likeness (QED) is 0.913. The average molecular weight is 331 g/mol. The molecule has 1 saturated heterocycles. The number of carbonyl (C=O) groups excluding carboxylic acids is 1. The van der Waals surface area contributed by atoms with Crippen LogP contribution in [0.5, 0.6) is 0 Å². The molecule has 1 aliphatic heterocycles. The fraction of sp³-hybridized carbons (Fsp3) is 0.500. The fourth-order valence-corrected chi connectivity index (χ4v) is 3.42. The van der Waals surface area contributed by atoms with Gasteiger partial charge in [0.05, 0.1) is 21.2 Å². The molecule has 1 fully saturated rings. The summed E-state index contributed by atoms with van der Waals surface area (Å²) in [4.78, 5) is 14.4. The molecule has 0 unspecified atom stereocenters. The lowest BCUT2D eigenvalue weighted by Crippen LogP contribution is -2.51. The molecule has 0 aliphatic carbocycles. The molecular formula is C14H19ClN2O3S. The third-order valence-electron chi connectivity index (χ3n) is 3.56. The monoisotopic (exact) mass is 330 g/mol. The Labute approximate surface area is 130 Å². The molecule has 1 amide bonds. The van der Waals surface area contributed by atoms with E-state index in [-0.39, 0.29) is 33.2 Å². The number of hydrogen-bond donors (Lipinski definition) is 1. The van der Waals surface area contributed by atoms with Crippen LogP contribution in [0.3, 0.4) is 0 Å². The topological polar surface area (TPSA) is 66.5 Å². The molecule has 5 nitrogen and oxygen atoms in total. The van der Waals surface area contributed by atoms with Crippen molar-refractivity contribution in [2.45, 2.75) is 24.8 Å². The SMILES string of the molecule is CCS(=O)(=O)c1ccc(Cl)c(C(=O)N2CCN[C@@H](C)C2)c1. The van der Waals surface area contributed by atoms with Crippen molar-refractivity contribution in [1.29, 1.82) is 0 Å². The second kappa shape index (κ2) is 6.34. The van der Waals surface area contributed by atoms with Crippen LogP contribution >= 0.6 is 11.6 Å². The first kappa shape index (κ1) is 16.3. The maximum atomic E-state index is 12.6. The van der Waals surface area contributed by atoms with E-state index < -0.39 is 9.84 Å². The molecule has 0 bridgehead atoms. The van der Waals surface area contributed by atoms with Gasteiger partial charge in [0.15, 0.2) is 9.84 Å². The Morgan fingerprint density at radius 3 is 2.81 bits per heavy atom. The zero-order chi connectivity index (χ0) is 15.6. The van der Waals surface area contributed by atoms with Gasteiger partial charge in [-0.3, -0.25) is 4.79 Å². The van der Waals surface area contributed by atoms with Gasteiger partial charge in [0.2, 0.25) is 0 Å². The highest BCUT2D eigenvalue weighted by Gasteiger charge is 2.24. The summed E-state index contributed by atoms with van der Waals surface area (Å²) in [7, 11) is -3.35. The lowest BCUT2D eigenvalue weighted by atomic mass is 10.1. The van der Waals surface area contributed by atoms with E-state index in [4.69, 9.17) is 11.6 Å². The number of nitrogens with one attached hydrogen (secondary N) is 1. The number of benzene rings is 1. The third-order valence-corrected chi connectivity index (χ3v) is 5.63. The van der Waals surface area contributed by atoms with Crippen molar-refractivity contribution in [3.05, 3.63) is 28.8 Å². The first-order chi connectivity index (χ1) is 9.85. The number of piperazine rings is 1. The molecule has 0 spiro atoms. The van der Waals surface area contributed by atoms with Gasteiger partial charge in [-0.1, -0.05) is 18.5 Å². The van der Waals surface area contributed by atoms with Gasteiger partial charge in [-0.05, 0) is 25.1 Å². The van der Waals surface area contributed by atoms with Gasteiger partial charge in [0.1, 0.15) is 0 Å². The van der Waals surface area contributed by atoms with Crippen LogP contribution in [0.2, 0.25) is 5.02 Å². The Hall–Kier alpha value is -1.11. The summed E-state index contributed by atoms with van der Waals surface area (Å²) in [5, 5.41) is 3.53. The fourth-order valence-electron chi connectivity index (χ4n) is 2.32. The van der Waals surface area contributed by atoms with Gasteiger partial charge in [0.25, 0.3) is 5.91 Å². The summed E-state index contributed by atoms with van der Waals surface area (Å²) in [6.07, 6.45) is 0. The number of halogens is 1. The van der Waals surface area contributed by atoms with Crippen molar-refractivity contribution in [3.63, 3.8) is 0 Å². The van der Waals surface area contributed by atoms with Gasteiger partial charge in [-0.15, -0.1) is 0 Å². The van der Waals surface area contributed by atoms with E-state index >= 15 is 0 Å². The highest BCUT2D eigenvalue weighted by molar-refractivity contribution is 7.91. The van der Waals surface area contributed by atoms with E-state index in [0.29, 0.717) is 13.1 Å². The molecule has 7 heteroatoms. The van der Waals surface area contributed by atoms with Crippen LogP contribution in [0, 0.1) is 0 Å². The summed E-state index contributed by atoms with van der Waals surface area (Å²) in [5.74, 6) is -0.228. The second-order valence-electron chi connectivity index (χ2n) is 5.15. The molecule has 116 valence electrons. The van der Waals surface area contributed by atoms with Crippen molar-refractivity contribution >= 4 is 27.3 Å². The van der Waals surface area contributed by atoms with Crippen LogP contribution in [0.25, 0.3) is 0 Å². The molecular weight excluding hydrogens is 312 g/mol. The third kappa shape index (κ3) is 3.56. The van der Waals surface area contributed by atoms with Gasteiger partial charge < -0.3 is 10.2 Å². The van der Waals surface area contributed by atoms with Crippen molar-refractivity contribution in [2.75, 3.05) is 25.4 Å². The predicted octanol–water partition coefficient (Wildman–Crippen LogP) is 1.57. The Morgan fingerprint density at radius 1 is 1.48 bits per heavy atom. The molecule has 2 rings (SSSR count). The summed E-state index contributed by atoms with van der Waals surface area (Å²) < 4.78 is 23.9. The van der Waals surface area contributed by atoms with Crippen LogP contribution in [0.1, 0.15) is 24.2 Å². The first-order valence-electron chi connectivity index (χ1n) is 6.90. The molecule has 1 aromatic carbocycles. The molecule has 1 atom stereocenters. The minimum absolute atomic E-state index is 0.00701. The Kier molecular flexibility index (Phi) is 4.91. The zero-order valence-corrected chi connectivity index (χ0v) is 13.7. The Balaban J connectivity index is 2.34. The number of carbonyl (C=O) groups is 1. The summed E-state index contributed by atoms with van der Waals surface area (Å²) >= 11 is 6.08. The van der Waals surface area contributed by atoms with Crippen LogP contribution in [-0.2, 0) is 9.84 Å². The number of hydrogen-bond acceptors (Lipinski definition) is 4. The molecule has 1 aromatic rings. The summed E-state index contributed by atoms with van der Waals surface area (Å²) in [6, 6.07) is 4.52. The molecule has 0 radical (unpaired) electrons. The van der Waals surface area contributed by atoms with Gasteiger partial charge in [-0.2, -0.15) is 0 Å². The van der Waals surface area contributed by atoms with Crippen molar-refractivity contribution < 1.29 is 13.2 Å². The van der Waals surface area contributed by atoms with Crippen LogP contribution in [0.15, 0.2) is 23.1 Å². The van der Waals surface area contributed by atoms with Crippen LogP contribution in [-0.4, -0.2) is 50.7 Å². The first-order valence-corrected chi connectivity index (χ1v) is 8.93. The minimum atomic E-state index is -3.35. The van der Waals surface area contributed by atoms with Gasteiger partial charge in [0, 0.05) is 25.7 Å². The summed E-state index contributed by atoms with van der Waals surface area (Å²) in [6.45, 7) is 5.46. The lowest BCUT2D eigenvalue weighted by molar-refractivity contribution is 0.0709. The maximum Gasteiger partial charge on any atom is 0.255 e. The van der Waals surface area contributed by atoms with E-state index in [1.807, 2.05) is 6.92 Å². The van der Waals surface area contributed by atoms with Crippen molar-refractivity contribution in [2.24, 2.45) is 0 Å². The van der Waals surface area contributed by atoms with Crippen LogP contribution < -0.4 is 5.32 Å². The highest BCUT2D eigenvalue weighted by Crippen LogP contribution is 2.23. The normalized spacial score (nSPS) is 19.6. The second-order valence-corrected chi connectivity index (χ2v) is 7.84. The van der Waals surface area contributed by atoms with Crippen molar-refractivity contribution in [1.82, 2.24) is 10.2 Å². The maximum absolute atomic E-state index is 12.6. The smallest absolute Gasteiger partial charge is 0.255 e.